The van der Waals surface area contributed by atoms with Crippen molar-refractivity contribution in [3.8, 4) is 6.07 Å². The van der Waals surface area contributed by atoms with E-state index in [0.29, 0.717) is 5.41 Å². The number of nitriles is 1. The number of hydrogen-bond donors (Lipinski definition) is 0. The van der Waals surface area contributed by atoms with Crippen LogP contribution in [0.5, 0.6) is 0 Å². The van der Waals surface area contributed by atoms with Crippen molar-refractivity contribution in [2.75, 3.05) is 6.61 Å². The van der Waals surface area contributed by atoms with E-state index in [1.54, 1.807) is 0 Å². The van der Waals surface area contributed by atoms with Gasteiger partial charge in [-0.05, 0) is 25.2 Å². The summed E-state index contributed by atoms with van der Waals surface area (Å²) in [5.74, 6) is 0.742. The highest BCUT2D eigenvalue weighted by atomic mass is 16.5. The number of hydrogen-bond acceptors (Lipinski definition) is 2. The zero-order valence-corrected chi connectivity index (χ0v) is 8.26. The van der Waals surface area contributed by atoms with E-state index in [0.717, 1.165) is 18.9 Å². The molecule has 4 atom stereocenters. The fourth-order valence-corrected chi connectivity index (χ4v) is 4.05. The van der Waals surface area contributed by atoms with Gasteiger partial charge in [0.1, 0.15) is 0 Å². The molecule has 70 valence electrons. The quantitative estimate of drug-likeness (QED) is 0.567. The Hall–Kier alpha value is -0.550. The van der Waals surface area contributed by atoms with Crippen LogP contribution in [0.25, 0.3) is 0 Å². The van der Waals surface area contributed by atoms with Crippen molar-refractivity contribution >= 4 is 0 Å². The minimum Gasteiger partial charge on any atom is -0.359 e. The maximum absolute atomic E-state index is 9.27. The molecule has 2 nitrogen and oxygen atoms in total. The Morgan fingerprint density at radius 2 is 2.23 bits per heavy atom. The van der Waals surface area contributed by atoms with Crippen LogP contribution >= 0.6 is 0 Å². The van der Waals surface area contributed by atoms with Gasteiger partial charge in [-0.2, -0.15) is 5.26 Å². The minimum atomic E-state index is -0.426. The van der Waals surface area contributed by atoms with Crippen molar-refractivity contribution in [1.29, 1.82) is 5.26 Å². The zero-order valence-electron chi connectivity index (χ0n) is 8.26. The van der Waals surface area contributed by atoms with E-state index in [2.05, 4.69) is 19.9 Å². The fraction of sp³-hybridized carbons (Fsp3) is 0.909. The first-order valence-corrected chi connectivity index (χ1v) is 5.13. The van der Waals surface area contributed by atoms with E-state index in [1.807, 2.05) is 0 Å². The van der Waals surface area contributed by atoms with Gasteiger partial charge in [0.15, 0.2) is 5.60 Å². The molecule has 4 bridgehead atoms. The smallest absolute Gasteiger partial charge is 0.160 e. The molecule has 1 saturated heterocycles. The summed E-state index contributed by atoms with van der Waals surface area (Å²) < 4.78 is 5.77. The van der Waals surface area contributed by atoms with Crippen LogP contribution < -0.4 is 0 Å². The first-order valence-electron chi connectivity index (χ1n) is 5.13. The molecule has 3 rings (SSSR count). The summed E-state index contributed by atoms with van der Waals surface area (Å²) >= 11 is 0. The molecule has 3 aliphatic rings. The highest BCUT2D eigenvalue weighted by molar-refractivity contribution is 5.30. The van der Waals surface area contributed by atoms with Crippen LogP contribution in [-0.4, -0.2) is 12.2 Å². The maximum atomic E-state index is 9.27. The molecule has 0 radical (unpaired) electrons. The summed E-state index contributed by atoms with van der Waals surface area (Å²) in [6, 6.07) is 2.44. The Morgan fingerprint density at radius 1 is 1.46 bits per heavy atom. The van der Waals surface area contributed by atoms with E-state index < -0.39 is 5.60 Å². The molecule has 0 N–H and O–H groups in total. The maximum Gasteiger partial charge on any atom is 0.160 e. The molecule has 13 heavy (non-hydrogen) atoms. The average Bonchev–Trinajstić information content (AvgIpc) is 2.58. The largest absolute Gasteiger partial charge is 0.359 e. The first kappa shape index (κ1) is 7.82. The monoisotopic (exact) mass is 177 g/mol. The van der Waals surface area contributed by atoms with E-state index >= 15 is 0 Å². The summed E-state index contributed by atoms with van der Waals surface area (Å²) in [6.45, 7) is 5.38. The molecular weight excluding hydrogens is 162 g/mol. The molecule has 1 aliphatic heterocycles. The molecule has 2 aliphatic carbocycles. The van der Waals surface area contributed by atoms with Crippen LogP contribution in [0, 0.1) is 28.1 Å². The Labute approximate surface area is 78.9 Å². The van der Waals surface area contributed by atoms with Gasteiger partial charge in [-0.1, -0.05) is 13.8 Å². The van der Waals surface area contributed by atoms with Gasteiger partial charge in [-0.15, -0.1) is 0 Å². The summed E-state index contributed by atoms with van der Waals surface area (Å²) in [4.78, 5) is 0. The highest BCUT2D eigenvalue weighted by Crippen LogP contribution is 2.74. The lowest BCUT2D eigenvalue weighted by atomic mass is 9.67. The van der Waals surface area contributed by atoms with Crippen molar-refractivity contribution in [3.05, 3.63) is 0 Å². The van der Waals surface area contributed by atoms with Gasteiger partial charge in [0.25, 0.3) is 0 Å². The number of ether oxygens (including phenoxy) is 1. The highest BCUT2D eigenvalue weighted by Gasteiger charge is 2.76. The molecular formula is C11H15NO. The lowest BCUT2D eigenvalue weighted by molar-refractivity contribution is -0.0414. The van der Waals surface area contributed by atoms with Gasteiger partial charge < -0.3 is 4.74 Å². The molecule has 0 spiro atoms. The first-order chi connectivity index (χ1) is 6.08. The molecule has 2 heteroatoms. The standard InChI is InChI=1S/C11H15NO/c1-9-7-13-11(6-12)5-8(9)3-4-10(9,11)2/h8H,3-5,7H2,1-2H3/t8-,9-,10+,11-/m0/s1. The Morgan fingerprint density at radius 3 is 2.69 bits per heavy atom. The second-order valence-electron chi connectivity index (χ2n) is 5.42. The lowest BCUT2D eigenvalue weighted by Crippen LogP contribution is -2.41. The molecule has 0 amide bonds. The van der Waals surface area contributed by atoms with Crippen molar-refractivity contribution in [3.63, 3.8) is 0 Å². The van der Waals surface area contributed by atoms with Gasteiger partial charge >= 0.3 is 0 Å². The van der Waals surface area contributed by atoms with Gasteiger partial charge in [0, 0.05) is 10.8 Å². The van der Waals surface area contributed by atoms with E-state index in [1.165, 1.54) is 12.8 Å². The third kappa shape index (κ3) is 0.518. The lowest BCUT2D eigenvalue weighted by Gasteiger charge is -2.35. The fourth-order valence-electron chi connectivity index (χ4n) is 4.05. The van der Waals surface area contributed by atoms with Crippen molar-refractivity contribution in [2.45, 2.75) is 38.7 Å². The van der Waals surface area contributed by atoms with E-state index in [-0.39, 0.29) is 5.41 Å². The van der Waals surface area contributed by atoms with Crippen LogP contribution in [0.4, 0.5) is 0 Å². The Bertz CT molecular complexity index is 321. The second kappa shape index (κ2) is 1.79. The molecule has 0 aromatic heterocycles. The Balaban J connectivity index is 2.21. The van der Waals surface area contributed by atoms with Gasteiger partial charge in [-0.3, -0.25) is 0 Å². The Kier molecular flexibility index (Phi) is 1.07. The van der Waals surface area contributed by atoms with Crippen molar-refractivity contribution in [1.82, 2.24) is 0 Å². The van der Waals surface area contributed by atoms with Gasteiger partial charge in [0.05, 0.1) is 12.7 Å². The predicted molar refractivity (Wildman–Crippen MR) is 47.9 cm³/mol. The topological polar surface area (TPSA) is 33.0 Å². The van der Waals surface area contributed by atoms with E-state index in [9.17, 15) is 5.26 Å². The zero-order chi connectivity index (χ0) is 9.32. The van der Waals surface area contributed by atoms with E-state index in [4.69, 9.17) is 4.74 Å². The van der Waals surface area contributed by atoms with Crippen LogP contribution in [0.2, 0.25) is 0 Å². The number of nitrogens with zero attached hydrogens (tertiary/aromatic N) is 1. The molecule has 0 unspecified atom stereocenters. The van der Waals surface area contributed by atoms with Crippen LogP contribution in [0.15, 0.2) is 0 Å². The van der Waals surface area contributed by atoms with Gasteiger partial charge in [-0.25, -0.2) is 0 Å². The van der Waals surface area contributed by atoms with Crippen LogP contribution in [-0.2, 0) is 4.74 Å². The average molecular weight is 177 g/mol. The summed E-state index contributed by atoms with van der Waals surface area (Å²) in [7, 11) is 0. The van der Waals surface area contributed by atoms with Crippen molar-refractivity contribution < 1.29 is 4.74 Å². The van der Waals surface area contributed by atoms with Crippen LogP contribution in [0.1, 0.15) is 33.1 Å². The number of rotatable bonds is 0. The normalized spacial score (nSPS) is 62.7. The molecule has 0 aromatic rings. The molecule has 0 aromatic carbocycles. The van der Waals surface area contributed by atoms with Gasteiger partial charge in [0.2, 0.25) is 0 Å². The van der Waals surface area contributed by atoms with Crippen LogP contribution in [0.3, 0.4) is 0 Å². The molecule has 3 fully saturated rings. The third-order valence-corrected chi connectivity index (χ3v) is 5.38. The molecule has 1 heterocycles. The summed E-state index contributed by atoms with van der Waals surface area (Å²) in [6.07, 6.45) is 3.47. The third-order valence-electron chi connectivity index (χ3n) is 5.38. The van der Waals surface area contributed by atoms with Crippen molar-refractivity contribution in [2.24, 2.45) is 16.7 Å². The summed E-state index contributed by atoms with van der Waals surface area (Å²) in [5.41, 5.74) is 0.00676. The second-order valence-corrected chi connectivity index (χ2v) is 5.42. The minimum absolute atomic E-state index is 0.138. The summed E-state index contributed by atoms with van der Waals surface area (Å²) in [5, 5.41) is 9.27. The SMILES string of the molecule is C[C@]12CC[C@H]3C[C@@]1(C#N)OC[C@@]32C. The molecule has 2 saturated carbocycles. The predicted octanol–water partition coefficient (Wildman–Crippen LogP) is 2.11.